The second-order valence-corrected chi connectivity index (χ2v) is 7.39. The fraction of sp³-hybridized carbons (Fsp3) is 0.769. The van der Waals surface area contributed by atoms with Crippen LogP contribution in [0.3, 0.4) is 0 Å². The average Bonchev–Trinajstić information content (AvgIpc) is 2.32. The van der Waals surface area contributed by atoms with Gasteiger partial charge >= 0.3 is 7.82 Å². The number of hydrogen-bond acceptors (Lipinski definition) is 5. The highest BCUT2D eigenvalue weighted by Crippen LogP contribution is 2.43. The largest absolute Gasteiger partial charge is 0.472 e. The van der Waals surface area contributed by atoms with Gasteiger partial charge in [-0.25, -0.2) is 4.57 Å². The molecule has 3 N–H and O–H groups in total. The zero-order valence-electron chi connectivity index (χ0n) is 13.9. The lowest BCUT2D eigenvalue weighted by Crippen LogP contribution is -2.44. The fourth-order valence-electron chi connectivity index (χ4n) is 1.46. The Bertz CT molecular complexity index is 421. The molecule has 22 heavy (non-hydrogen) atoms. The average molecular weight is 339 g/mol. The summed E-state index contributed by atoms with van der Waals surface area (Å²) >= 11 is 0. The summed E-state index contributed by atoms with van der Waals surface area (Å²) in [5.41, 5.74) is 0. The van der Waals surface area contributed by atoms with Crippen LogP contribution in [0.4, 0.5) is 0 Å². The van der Waals surface area contributed by atoms with E-state index < -0.39 is 20.0 Å². The number of likely N-dealkylation sites (N-methyl/N-ethyl adjacent to an activating group) is 1. The molecule has 0 rings (SSSR count). The molecule has 0 aromatic rings. The predicted octanol–water partition coefficient (Wildman–Crippen LogP) is 0.268. The Morgan fingerprint density at radius 2 is 1.95 bits per heavy atom. The van der Waals surface area contributed by atoms with E-state index >= 15 is 0 Å². The van der Waals surface area contributed by atoms with E-state index in [1.165, 1.54) is 13.0 Å². The summed E-state index contributed by atoms with van der Waals surface area (Å²) in [5.74, 6) is -0.379. The van der Waals surface area contributed by atoms with Gasteiger partial charge in [0.15, 0.2) is 0 Å². The third-order valence-electron chi connectivity index (χ3n) is 2.62. The number of aliphatic hydroxyl groups excluding tert-OH is 1. The summed E-state index contributed by atoms with van der Waals surface area (Å²) in [4.78, 5) is 20.7. The minimum Gasteiger partial charge on any atom is -0.387 e. The van der Waals surface area contributed by atoms with Crippen LogP contribution >= 0.6 is 7.82 Å². The lowest BCUT2D eigenvalue weighted by Gasteiger charge is -2.25. The molecule has 0 spiro atoms. The van der Waals surface area contributed by atoms with Gasteiger partial charge < -0.3 is 19.8 Å². The maximum absolute atomic E-state index is 11.8. The van der Waals surface area contributed by atoms with E-state index in [0.29, 0.717) is 11.0 Å². The molecule has 0 saturated heterocycles. The molecule has 130 valence electrons. The Kier molecular flexibility index (Phi) is 9.07. The van der Waals surface area contributed by atoms with Crippen LogP contribution in [0.1, 0.15) is 13.8 Å². The Labute approximate surface area is 131 Å². The van der Waals surface area contributed by atoms with Crippen molar-refractivity contribution in [2.24, 2.45) is 0 Å². The zero-order chi connectivity index (χ0) is 17.4. The molecule has 0 aromatic heterocycles. The Morgan fingerprint density at radius 3 is 2.41 bits per heavy atom. The Morgan fingerprint density at radius 1 is 1.36 bits per heavy atom. The molecule has 0 bridgehead atoms. The van der Waals surface area contributed by atoms with Gasteiger partial charge in [0.1, 0.15) is 13.2 Å². The number of rotatable bonds is 10. The number of hydrogen-bond donors (Lipinski definition) is 3. The SMILES string of the molecule is C/C=C/[C@@H](O)[C@H](COP(=O)(O)OCC[N+](C)(C)C)NC(C)=O. The molecule has 8 nitrogen and oxygen atoms in total. The van der Waals surface area contributed by atoms with Gasteiger partial charge in [0.05, 0.1) is 39.9 Å². The molecular formula is C13H28N2O6P+. The smallest absolute Gasteiger partial charge is 0.387 e. The van der Waals surface area contributed by atoms with Crippen LogP contribution in [-0.4, -0.2) is 73.4 Å². The van der Waals surface area contributed by atoms with Crippen LogP contribution in [0.2, 0.25) is 0 Å². The quantitative estimate of drug-likeness (QED) is 0.300. The first-order valence-electron chi connectivity index (χ1n) is 6.97. The van der Waals surface area contributed by atoms with Crippen LogP contribution in [0.15, 0.2) is 12.2 Å². The Hall–Kier alpha value is -0.760. The maximum atomic E-state index is 11.8. The molecule has 0 heterocycles. The Balaban J connectivity index is 4.48. The van der Waals surface area contributed by atoms with Crippen LogP contribution in [0.25, 0.3) is 0 Å². The van der Waals surface area contributed by atoms with Crippen LogP contribution < -0.4 is 5.32 Å². The molecule has 0 aromatic carbocycles. The lowest BCUT2D eigenvalue weighted by molar-refractivity contribution is -0.870. The summed E-state index contributed by atoms with van der Waals surface area (Å²) < 4.78 is 22.0. The van der Waals surface area contributed by atoms with Crippen molar-refractivity contribution in [3.05, 3.63) is 12.2 Å². The molecule has 9 heteroatoms. The minimum atomic E-state index is -4.23. The summed E-state index contributed by atoms with van der Waals surface area (Å²) in [6.45, 7) is 3.23. The molecule has 0 fully saturated rings. The molecule has 0 radical (unpaired) electrons. The van der Waals surface area contributed by atoms with Gasteiger partial charge in [-0.2, -0.15) is 0 Å². The van der Waals surface area contributed by atoms with Gasteiger partial charge in [-0.1, -0.05) is 12.2 Å². The number of quaternary nitrogens is 1. The van der Waals surface area contributed by atoms with E-state index in [1.54, 1.807) is 13.0 Å². The van der Waals surface area contributed by atoms with Gasteiger partial charge in [0, 0.05) is 6.92 Å². The second-order valence-electron chi connectivity index (χ2n) is 5.93. The van der Waals surface area contributed by atoms with E-state index in [1.807, 2.05) is 21.1 Å². The van der Waals surface area contributed by atoms with Gasteiger partial charge in [-0.3, -0.25) is 13.8 Å². The van der Waals surface area contributed by atoms with Gasteiger partial charge in [0.2, 0.25) is 5.91 Å². The highest BCUT2D eigenvalue weighted by Gasteiger charge is 2.27. The van der Waals surface area contributed by atoms with E-state index in [9.17, 15) is 19.4 Å². The van der Waals surface area contributed by atoms with Crippen molar-refractivity contribution < 1.29 is 32.9 Å². The summed E-state index contributed by atoms with van der Waals surface area (Å²) in [7, 11) is 1.54. The van der Waals surface area contributed by atoms with E-state index in [2.05, 4.69) is 5.32 Å². The van der Waals surface area contributed by atoms with Crippen LogP contribution in [-0.2, 0) is 18.4 Å². The van der Waals surface area contributed by atoms with Gasteiger partial charge in [-0.05, 0) is 6.92 Å². The van der Waals surface area contributed by atoms with Crippen LogP contribution in [0.5, 0.6) is 0 Å². The number of allylic oxidation sites excluding steroid dienone is 1. The third-order valence-corrected chi connectivity index (χ3v) is 3.61. The van der Waals surface area contributed by atoms with Crippen molar-refractivity contribution in [1.29, 1.82) is 0 Å². The first kappa shape index (κ1) is 21.2. The molecule has 0 saturated carbocycles. The molecule has 0 aliphatic rings. The van der Waals surface area contributed by atoms with Crippen molar-refractivity contribution in [2.75, 3.05) is 40.9 Å². The first-order chi connectivity index (χ1) is 9.97. The highest BCUT2D eigenvalue weighted by molar-refractivity contribution is 7.47. The number of phosphoric acid groups is 1. The fourth-order valence-corrected chi connectivity index (χ4v) is 2.20. The molecule has 1 amide bonds. The summed E-state index contributed by atoms with van der Waals surface area (Å²) in [5, 5.41) is 12.3. The zero-order valence-corrected chi connectivity index (χ0v) is 14.7. The summed E-state index contributed by atoms with van der Waals surface area (Å²) in [6.07, 6.45) is 2.03. The molecular weight excluding hydrogens is 311 g/mol. The normalized spacial score (nSPS) is 18.0. The van der Waals surface area contributed by atoms with E-state index in [4.69, 9.17) is 9.05 Å². The predicted molar refractivity (Wildman–Crippen MR) is 83.1 cm³/mol. The van der Waals surface area contributed by atoms with Crippen molar-refractivity contribution in [3.8, 4) is 0 Å². The molecule has 0 aliphatic heterocycles. The van der Waals surface area contributed by atoms with Gasteiger partial charge in [-0.15, -0.1) is 0 Å². The first-order valence-corrected chi connectivity index (χ1v) is 8.46. The molecule has 3 atom stereocenters. The van der Waals surface area contributed by atoms with Crippen molar-refractivity contribution in [2.45, 2.75) is 26.0 Å². The number of amides is 1. The highest BCUT2D eigenvalue weighted by atomic mass is 31.2. The topological polar surface area (TPSA) is 105 Å². The summed E-state index contributed by atoms with van der Waals surface area (Å²) in [6, 6.07) is -0.837. The lowest BCUT2D eigenvalue weighted by atomic mass is 10.1. The maximum Gasteiger partial charge on any atom is 0.472 e. The standard InChI is InChI=1S/C13H27N2O6P/c1-6-7-13(17)12(14-11(2)16)10-21-22(18,19)20-9-8-15(3,4)5/h6-7,12-13,17H,8-10H2,1-5H3,(H-,14,16,18,19)/p+1/b7-6+/t12-,13+/m0/s1. The monoisotopic (exact) mass is 339 g/mol. The third kappa shape index (κ3) is 10.9. The number of nitrogens with zero attached hydrogens (tertiary/aromatic N) is 1. The van der Waals surface area contributed by atoms with E-state index in [0.717, 1.165) is 0 Å². The van der Waals surface area contributed by atoms with Crippen molar-refractivity contribution in [1.82, 2.24) is 5.32 Å². The molecule has 1 unspecified atom stereocenters. The minimum absolute atomic E-state index is 0.0551. The van der Waals surface area contributed by atoms with Gasteiger partial charge in [0.25, 0.3) is 0 Å². The number of phosphoric ester groups is 1. The molecule has 0 aliphatic carbocycles. The van der Waals surface area contributed by atoms with Crippen LogP contribution in [0, 0.1) is 0 Å². The number of nitrogens with one attached hydrogen (secondary N) is 1. The number of carbonyl (C=O) groups excluding carboxylic acids is 1. The van der Waals surface area contributed by atoms with Crippen molar-refractivity contribution >= 4 is 13.7 Å². The number of aliphatic hydroxyl groups is 1. The number of carbonyl (C=O) groups is 1. The van der Waals surface area contributed by atoms with E-state index in [-0.39, 0.29) is 19.1 Å². The second kappa shape index (κ2) is 9.39. The van der Waals surface area contributed by atoms with Crippen molar-refractivity contribution in [3.63, 3.8) is 0 Å².